The maximum atomic E-state index is 13.1. The summed E-state index contributed by atoms with van der Waals surface area (Å²) in [5.74, 6) is -1.35. The summed E-state index contributed by atoms with van der Waals surface area (Å²) in [5, 5.41) is 23.3. The lowest BCUT2D eigenvalue weighted by Crippen LogP contribution is -2.29. The molecule has 36 heavy (non-hydrogen) atoms. The highest BCUT2D eigenvalue weighted by atomic mass is 32.1. The van der Waals surface area contributed by atoms with Gasteiger partial charge in [0.15, 0.2) is 5.13 Å². The third-order valence-electron chi connectivity index (χ3n) is 5.87. The van der Waals surface area contributed by atoms with Crippen molar-refractivity contribution in [1.82, 2.24) is 4.98 Å². The van der Waals surface area contributed by atoms with Gasteiger partial charge in [-0.2, -0.15) is 0 Å². The van der Waals surface area contributed by atoms with Crippen LogP contribution in [0.2, 0.25) is 0 Å². The molecule has 0 saturated carbocycles. The van der Waals surface area contributed by atoms with Crippen molar-refractivity contribution in [2.75, 3.05) is 4.90 Å². The van der Waals surface area contributed by atoms with E-state index in [2.05, 4.69) is 4.98 Å². The van der Waals surface area contributed by atoms with Crippen LogP contribution in [0.1, 0.15) is 28.3 Å². The Morgan fingerprint density at radius 3 is 2.53 bits per heavy atom. The molecule has 4 aromatic rings. The van der Waals surface area contributed by atoms with Crippen LogP contribution in [0, 0.1) is 6.92 Å². The second-order valence-electron chi connectivity index (χ2n) is 8.38. The number of carbonyl (C=O) groups excluding carboxylic acids is 2. The zero-order valence-electron chi connectivity index (χ0n) is 19.3. The lowest BCUT2D eigenvalue weighted by Gasteiger charge is -2.23. The molecule has 1 fully saturated rings. The van der Waals surface area contributed by atoms with Gasteiger partial charge in [-0.3, -0.25) is 14.5 Å². The number of phenols is 1. The van der Waals surface area contributed by atoms with Crippen LogP contribution in [0.5, 0.6) is 11.5 Å². The van der Waals surface area contributed by atoms with E-state index in [9.17, 15) is 19.8 Å². The van der Waals surface area contributed by atoms with Crippen LogP contribution in [0.15, 0.2) is 89.9 Å². The highest BCUT2D eigenvalue weighted by Gasteiger charge is 2.48. The molecule has 0 aliphatic carbocycles. The number of aromatic hydroxyl groups is 1. The number of thiazole rings is 1. The van der Waals surface area contributed by atoms with Crippen LogP contribution in [-0.4, -0.2) is 26.9 Å². The number of anilines is 1. The molecule has 1 saturated heterocycles. The Kier molecular flexibility index (Phi) is 6.26. The van der Waals surface area contributed by atoms with Crippen molar-refractivity contribution in [3.05, 3.63) is 112 Å². The second-order valence-corrected chi connectivity index (χ2v) is 9.25. The lowest BCUT2D eigenvalue weighted by molar-refractivity contribution is -0.132. The Balaban J connectivity index is 1.49. The van der Waals surface area contributed by atoms with Crippen molar-refractivity contribution in [1.29, 1.82) is 0 Å². The Hall–Kier alpha value is -4.43. The van der Waals surface area contributed by atoms with Gasteiger partial charge in [-0.25, -0.2) is 4.98 Å². The topological polar surface area (TPSA) is 100.0 Å². The average molecular weight is 499 g/mol. The average Bonchev–Trinajstić information content (AvgIpc) is 3.49. The number of benzene rings is 3. The molecule has 8 heteroatoms. The van der Waals surface area contributed by atoms with E-state index in [1.165, 1.54) is 34.6 Å². The maximum Gasteiger partial charge on any atom is 0.301 e. The molecule has 0 unspecified atom stereocenters. The molecule has 7 nitrogen and oxygen atoms in total. The molecule has 0 bridgehead atoms. The zero-order chi connectivity index (χ0) is 25.2. The van der Waals surface area contributed by atoms with Gasteiger partial charge >= 0.3 is 5.91 Å². The molecule has 1 atom stereocenters. The van der Waals surface area contributed by atoms with Gasteiger partial charge in [-0.05, 0) is 54.4 Å². The van der Waals surface area contributed by atoms with Crippen molar-refractivity contribution in [3.63, 3.8) is 0 Å². The fourth-order valence-electron chi connectivity index (χ4n) is 4.21. The monoisotopic (exact) mass is 498 g/mol. The molecule has 2 N–H and O–H groups in total. The van der Waals surface area contributed by atoms with E-state index in [0.29, 0.717) is 28.6 Å². The van der Waals surface area contributed by atoms with Crippen molar-refractivity contribution in [2.45, 2.75) is 19.6 Å². The number of carbonyl (C=O) groups is 2. The van der Waals surface area contributed by atoms with Gasteiger partial charge in [-0.15, -0.1) is 11.3 Å². The maximum absolute atomic E-state index is 13.1. The summed E-state index contributed by atoms with van der Waals surface area (Å²) in [4.78, 5) is 31.6. The minimum Gasteiger partial charge on any atom is -0.508 e. The molecule has 2 heterocycles. The first-order valence-corrected chi connectivity index (χ1v) is 12.1. The molecule has 180 valence electrons. The number of ketones is 1. The molecule has 5 rings (SSSR count). The number of aryl methyl sites for hydroxylation is 1. The number of rotatable bonds is 6. The molecule has 0 radical (unpaired) electrons. The summed E-state index contributed by atoms with van der Waals surface area (Å²) in [6.07, 6.45) is 1.54. The lowest BCUT2D eigenvalue weighted by atomic mass is 9.95. The van der Waals surface area contributed by atoms with Crippen LogP contribution in [0.3, 0.4) is 0 Å². The van der Waals surface area contributed by atoms with Gasteiger partial charge in [-0.1, -0.05) is 42.0 Å². The first-order valence-electron chi connectivity index (χ1n) is 11.2. The Bertz CT molecular complexity index is 1460. The van der Waals surface area contributed by atoms with Crippen LogP contribution in [0.4, 0.5) is 5.13 Å². The summed E-state index contributed by atoms with van der Waals surface area (Å²) in [7, 11) is 0. The minimum atomic E-state index is -0.944. The highest BCUT2D eigenvalue weighted by Crippen LogP contribution is 2.43. The SMILES string of the molecule is Cc1cccc(COc2ccc(/C(O)=C3/C(=O)C(=O)N(c4nccs4)[C@@H]3c3cccc(O)c3)cc2)c1. The fraction of sp³-hybridized carbons (Fsp3) is 0.107. The van der Waals surface area contributed by atoms with Crippen molar-refractivity contribution < 1.29 is 24.5 Å². The molecular formula is C28H22N2O5S. The largest absolute Gasteiger partial charge is 0.508 e. The summed E-state index contributed by atoms with van der Waals surface area (Å²) in [6, 6.07) is 20.0. The van der Waals surface area contributed by atoms with Crippen LogP contribution < -0.4 is 9.64 Å². The summed E-state index contributed by atoms with van der Waals surface area (Å²) in [6.45, 7) is 2.41. The first kappa shape index (κ1) is 23.3. The molecule has 1 amide bonds. The first-order chi connectivity index (χ1) is 17.4. The van der Waals surface area contributed by atoms with E-state index in [-0.39, 0.29) is 17.1 Å². The Morgan fingerprint density at radius 1 is 1.06 bits per heavy atom. The number of phenolic OH excluding ortho intramolecular Hbond substituents is 1. The van der Waals surface area contributed by atoms with E-state index < -0.39 is 17.7 Å². The predicted molar refractivity (Wildman–Crippen MR) is 137 cm³/mol. The molecule has 1 aliphatic rings. The normalized spacial score (nSPS) is 16.9. The summed E-state index contributed by atoms with van der Waals surface area (Å²) < 4.78 is 5.85. The van der Waals surface area contributed by atoms with E-state index in [0.717, 1.165) is 11.1 Å². The molecule has 0 spiro atoms. The number of hydrogen-bond donors (Lipinski definition) is 2. The van der Waals surface area contributed by atoms with Crippen LogP contribution >= 0.6 is 11.3 Å². The number of amides is 1. The van der Waals surface area contributed by atoms with E-state index >= 15 is 0 Å². The van der Waals surface area contributed by atoms with Crippen molar-refractivity contribution >= 4 is 33.9 Å². The van der Waals surface area contributed by atoms with Gasteiger partial charge in [0, 0.05) is 17.1 Å². The smallest absolute Gasteiger partial charge is 0.301 e. The molecule has 1 aromatic heterocycles. The van der Waals surface area contributed by atoms with Gasteiger partial charge < -0.3 is 14.9 Å². The van der Waals surface area contributed by atoms with Crippen LogP contribution in [-0.2, 0) is 16.2 Å². The molecular weight excluding hydrogens is 476 g/mol. The number of hydrogen-bond acceptors (Lipinski definition) is 7. The van der Waals surface area contributed by atoms with E-state index in [1.54, 1.807) is 41.8 Å². The quantitative estimate of drug-likeness (QED) is 0.211. The minimum absolute atomic E-state index is 0.0210. The second kappa shape index (κ2) is 9.67. The van der Waals surface area contributed by atoms with Gasteiger partial charge in [0.1, 0.15) is 23.9 Å². The standard InChI is InChI=1S/C28H22N2O5S/c1-17-4-2-5-18(14-17)16-35-22-10-8-19(9-11-22)25(32)23-24(20-6-3-7-21(31)15-20)30(27(34)26(23)33)28-29-12-13-36-28/h2-15,24,31-32H,16H2,1H3/b25-23-/t24-/m1/s1. The number of aliphatic hydroxyl groups excluding tert-OH is 1. The van der Waals surface area contributed by atoms with Crippen molar-refractivity contribution in [2.24, 2.45) is 0 Å². The number of Topliss-reactive ketones (excluding diaryl/α,β-unsaturated/α-hetero) is 1. The molecule has 3 aromatic carbocycles. The summed E-state index contributed by atoms with van der Waals surface area (Å²) >= 11 is 1.20. The number of aromatic nitrogens is 1. The van der Waals surface area contributed by atoms with Gasteiger partial charge in [0.25, 0.3) is 5.78 Å². The third-order valence-corrected chi connectivity index (χ3v) is 6.64. The van der Waals surface area contributed by atoms with Gasteiger partial charge in [0.2, 0.25) is 0 Å². The summed E-state index contributed by atoms with van der Waals surface area (Å²) in [5.41, 5.74) is 2.95. The number of nitrogens with zero attached hydrogens (tertiary/aromatic N) is 2. The number of ether oxygens (including phenoxy) is 1. The van der Waals surface area contributed by atoms with E-state index in [1.807, 2.05) is 31.2 Å². The number of aliphatic hydroxyl groups is 1. The Labute approximate surface area is 211 Å². The zero-order valence-corrected chi connectivity index (χ0v) is 20.1. The third kappa shape index (κ3) is 4.46. The van der Waals surface area contributed by atoms with E-state index in [4.69, 9.17) is 4.74 Å². The predicted octanol–water partition coefficient (Wildman–Crippen LogP) is 5.36. The van der Waals surface area contributed by atoms with Crippen LogP contribution in [0.25, 0.3) is 5.76 Å². The molecule has 1 aliphatic heterocycles. The van der Waals surface area contributed by atoms with Crippen molar-refractivity contribution in [3.8, 4) is 11.5 Å². The Morgan fingerprint density at radius 2 is 1.83 bits per heavy atom. The fourth-order valence-corrected chi connectivity index (χ4v) is 4.88. The highest BCUT2D eigenvalue weighted by molar-refractivity contribution is 7.14. The van der Waals surface area contributed by atoms with Gasteiger partial charge in [0.05, 0.1) is 11.6 Å².